The van der Waals surface area contributed by atoms with Crippen LogP contribution in [0.2, 0.25) is 5.02 Å². The van der Waals surface area contributed by atoms with Gasteiger partial charge in [0, 0.05) is 48.5 Å². The number of H-pyrrole nitrogens is 1. The number of carbonyl (C=O) groups excluding carboxylic acids is 2. The second-order valence-electron chi connectivity index (χ2n) is 9.97. The number of tetrazole rings is 1. The van der Waals surface area contributed by atoms with Crippen LogP contribution in [-0.4, -0.2) is 86.8 Å². The van der Waals surface area contributed by atoms with Gasteiger partial charge in [-0.15, -0.1) is 16.4 Å². The highest BCUT2D eigenvalue weighted by atomic mass is 35.5. The number of aromatic amines is 1. The van der Waals surface area contributed by atoms with E-state index in [1.807, 2.05) is 0 Å². The van der Waals surface area contributed by atoms with Crippen molar-refractivity contribution in [3.8, 4) is 0 Å². The van der Waals surface area contributed by atoms with Crippen LogP contribution in [0.3, 0.4) is 0 Å². The third-order valence-electron chi connectivity index (χ3n) is 7.21. The third kappa shape index (κ3) is 5.55. The first-order valence-corrected chi connectivity index (χ1v) is 15.5. The number of amides is 2. The highest BCUT2D eigenvalue weighted by Gasteiger charge is 2.41. The Morgan fingerprint density at radius 2 is 1.98 bits per heavy atom. The van der Waals surface area contributed by atoms with Crippen LogP contribution in [0.5, 0.6) is 0 Å². The summed E-state index contributed by atoms with van der Waals surface area (Å²) in [6, 6.07) is 9.16. The highest BCUT2D eigenvalue weighted by molar-refractivity contribution is 7.89. The lowest BCUT2D eigenvalue weighted by atomic mass is 10.1. The predicted molar refractivity (Wildman–Crippen MR) is 151 cm³/mol. The summed E-state index contributed by atoms with van der Waals surface area (Å²) in [6.45, 7) is 2.48. The summed E-state index contributed by atoms with van der Waals surface area (Å²) in [5.74, 6) is -0.612. The Hall–Kier alpha value is -3.50. The summed E-state index contributed by atoms with van der Waals surface area (Å²) in [6.07, 6.45) is 0.707. The summed E-state index contributed by atoms with van der Waals surface area (Å²) in [4.78, 5) is 34.2. The summed E-state index contributed by atoms with van der Waals surface area (Å²) >= 11 is 7.38. The van der Waals surface area contributed by atoms with Crippen LogP contribution in [0.1, 0.15) is 33.1 Å². The topological polar surface area (TPSA) is 166 Å². The molecule has 0 aliphatic carbocycles. The summed E-state index contributed by atoms with van der Waals surface area (Å²) in [7, 11) is -3.99. The van der Waals surface area contributed by atoms with Gasteiger partial charge in [-0.3, -0.25) is 9.59 Å². The van der Waals surface area contributed by atoms with E-state index >= 15 is 0 Å². The van der Waals surface area contributed by atoms with E-state index in [9.17, 15) is 18.0 Å². The van der Waals surface area contributed by atoms with Crippen molar-refractivity contribution in [1.82, 2.24) is 45.4 Å². The third-order valence-corrected chi connectivity index (χ3v) is 10.4. The molecule has 2 aromatic carbocycles. The van der Waals surface area contributed by atoms with Crippen molar-refractivity contribution in [1.29, 1.82) is 0 Å². The maximum absolute atomic E-state index is 13.7. The van der Waals surface area contributed by atoms with Crippen molar-refractivity contribution in [2.45, 2.75) is 43.4 Å². The molecule has 2 atom stereocenters. The van der Waals surface area contributed by atoms with E-state index in [0.717, 1.165) is 21.3 Å². The zero-order valence-electron chi connectivity index (χ0n) is 21.9. The number of hydrogen-bond donors (Lipinski definition) is 3. The molecule has 2 aliphatic heterocycles. The fourth-order valence-corrected chi connectivity index (χ4v) is 7.66. The molecular formula is C25H26ClN9O4S2. The Balaban J connectivity index is 1.27. The number of nitrogens with one attached hydrogen (secondary N) is 3. The molecule has 2 aliphatic rings. The molecule has 214 valence electrons. The number of piperazine rings is 1. The van der Waals surface area contributed by atoms with E-state index in [4.69, 9.17) is 11.6 Å². The molecule has 4 heterocycles. The van der Waals surface area contributed by atoms with E-state index in [0.29, 0.717) is 23.8 Å². The second-order valence-corrected chi connectivity index (χ2v) is 13.4. The number of nitrogens with zero attached hydrogens (tertiary/aromatic N) is 6. The van der Waals surface area contributed by atoms with Gasteiger partial charge < -0.3 is 15.5 Å². The fraction of sp³-hybridized carbons (Fsp3) is 0.360. The molecule has 13 nitrogen and oxygen atoms in total. The highest BCUT2D eigenvalue weighted by Crippen LogP contribution is 2.28. The maximum atomic E-state index is 13.7. The molecule has 2 aromatic heterocycles. The number of aromatic nitrogens is 5. The lowest BCUT2D eigenvalue weighted by Crippen LogP contribution is -2.61. The lowest BCUT2D eigenvalue weighted by Gasteiger charge is -2.39. The van der Waals surface area contributed by atoms with Gasteiger partial charge >= 0.3 is 0 Å². The summed E-state index contributed by atoms with van der Waals surface area (Å²) in [5.41, 5.74) is 0.877. The van der Waals surface area contributed by atoms with Gasteiger partial charge in [0.15, 0.2) is 10.8 Å². The summed E-state index contributed by atoms with van der Waals surface area (Å²) < 4.78 is 28.7. The first kappa shape index (κ1) is 27.7. The van der Waals surface area contributed by atoms with Crippen LogP contribution < -0.4 is 10.6 Å². The Morgan fingerprint density at radius 3 is 2.78 bits per heavy atom. The van der Waals surface area contributed by atoms with E-state index < -0.39 is 27.9 Å². The Kier molecular flexibility index (Phi) is 7.46. The SMILES string of the molecule is CC1Cc2nc(C(=O)N3CCN(S(=O)(=O)c4ccc5cc(Cl)ccc5c4)CC3C(=O)NCc3nnn[nH]3)sc2CN1. The molecule has 2 unspecified atom stereocenters. The van der Waals surface area contributed by atoms with Crippen LogP contribution in [0, 0.1) is 0 Å². The molecule has 41 heavy (non-hydrogen) atoms. The number of sulfonamides is 1. The van der Waals surface area contributed by atoms with Gasteiger partial charge in [-0.25, -0.2) is 18.5 Å². The number of carbonyl (C=O) groups is 2. The molecule has 4 aromatic rings. The van der Waals surface area contributed by atoms with Gasteiger partial charge in [0.05, 0.1) is 17.1 Å². The van der Waals surface area contributed by atoms with Crippen molar-refractivity contribution in [3.05, 3.63) is 62.8 Å². The van der Waals surface area contributed by atoms with Crippen molar-refractivity contribution in [2.24, 2.45) is 0 Å². The zero-order valence-corrected chi connectivity index (χ0v) is 24.3. The smallest absolute Gasteiger partial charge is 0.283 e. The standard InChI is InChI=1S/C25H26ClN9O4S2/c1-14-8-19-21(11-27-14)40-24(29-19)25(37)35-7-6-34(13-20(35)23(36)28-12-22-30-32-33-31-22)41(38,39)18-5-3-15-9-17(26)4-2-16(15)10-18/h2-5,9-10,14,20,27H,6-8,11-13H2,1H3,(H,28,36)(H,30,31,32,33). The van der Waals surface area contributed by atoms with Gasteiger partial charge in [0.25, 0.3) is 5.91 Å². The first-order valence-electron chi connectivity index (χ1n) is 12.9. The Morgan fingerprint density at radius 1 is 1.17 bits per heavy atom. The maximum Gasteiger partial charge on any atom is 0.283 e. The van der Waals surface area contributed by atoms with E-state index in [1.54, 1.807) is 30.3 Å². The second kappa shape index (κ2) is 11.1. The Labute approximate surface area is 244 Å². The van der Waals surface area contributed by atoms with Crippen LogP contribution in [-0.2, 0) is 34.3 Å². The minimum Gasteiger partial charge on any atom is -0.347 e. The van der Waals surface area contributed by atoms with E-state index in [1.165, 1.54) is 26.6 Å². The molecule has 1 saturated heterocycles. The number of rotatable bonds is 6. The number of benzene rings is 2. The molecule has 0 saturated carbocycles. The number of fused-ring (bicyclic) bond motifs is 2. The predicted octanol–water partition coefficient (Wildman–Crippen LogP) is 1.33. The molecule has 3 N–H and O–H groups in total. The van der Waals surface area contributed by atoms with E-state index in [2.05, 4.69) is 43.2 Å². The lowest BCUT2D eigenvalue weighted by molar-refractivity contribution is -0.127. The largest absolute Gasteiger partial charge is 0.347 e. The molecule has 1 fully saturated rings. The molecule has 6 rings (SSSR count). The number of thiazole rings is 1. The van der Waals surface area contributed by atoms with Crippen LogP contribution in [0.15, 0.2) is 41.3 Å². The minimum atomic E-state index is -3.99. The van der Waals surface area contributed by atoms with Gasteiger partial charge in [0.2, 0.25) is 15.9 Å². The van der Waals surface area contributed by atoms with Gasteiger partial charge in [-0.2, -0.15) is 4.31 Å². The van der Waals surface area contributed by atoms with Crippen LogP contribution in [0.4, 0.5) is 0 Å². The van der Waals surface area contributed by atoms with Crippen molar-refractivity contribution in [3.63, 3.8) is 0 Å². The fourth-order valence-electron chi connectivity index (χ4n) is 5.01. The Bertz CT molecular complexity index is 1730. The number of hydrogen-bond acceptors (Lipinski definition) is 10. The van der Waals surface area contributed by atoms with Crippen molar-refractivity contribution in [2.75, 3.05) is 19.6 Å². The molecule has 0 bridgehead atoms. The molecule has 16 heteroatoms. The zero-order chi connectivity index (χ0) is 28.7. The normalized spacial score (nSPS) is 19.7. The van der Waals surface area contributed by atoms with Crippen LogP contribution in [0.25, 0.3) is 10.8 Å². The average Bonchev–Trinajstić information content (AvgIpc) is 3.64. The summed E-state index contributed by atoms with van der Waals surface area (Å²) in [5, 5.41) is 21.8. The molecule has 0 spiro atoms. The monoisotopic (exact) mass is 615 g/mol. The quantitative estimate of drug-likeness (QED) is 0.290. The molecular weight excluding hydrogens is 590 g/mol. The average molecular weight is 616 g/mol. The molecule has 0 radical (unpaired) electrons. The van der Waals surface area contributed by atoms with Gasteiger partial charge in [-0.1, -0.05) is 23.7 Å². The van der Waals surface area contributed by atoms with Crippen molar-refractivity contribution >= 4 is 55.5 Å². The van der Waals surface area contributed by atoms with E-state index in [-0.39, 0.29) is 42.1 Å². The molecule has 2 amide bonds. The van der Waals surface area contributed by atoms with Gasteiger partial charge in [0.1, 0.15) is 6.04 Å². The van der Waals surface area contributed by atoms with Crippen LogP contribution >= 0.6 is 22.9 Å². The van der Waals surface area contributed by atoms with Crippen molar-refractivity contribution < 1.29 is 18.0 Å². The van der Waals surface area contributed by atoms with Gasteiger partial charge in [-0.05, 0) is 52.4 Å². The first-order chi connectivity index (χ1) is 19.7. The number of halogens is 1. The minimum absolute atomic E-state index is 0.0144.